The smallest absolute Gasteiger partial charge is 0.170 e. The van der Waals surface area contributed by atoms with Gasteiger partial charge in [-0.1, -0.05) is 75.4 Å². The number of aliphatic hydroxyl groups is 1. The van der Waals surface area contributed by atoms with Gasteiger partial charge in [0.05, 0.1) is 18.8 Å². The molecule has 0 spiro atoms. The maximum absolute atomic E-state index is 10.4. The number of allylic oxidation sites excluding steroid dienone is 2. The summed E-state index contributed by atoms with van der Waals surface area (Å²) in [6.07, 6.45) is 3.23. The number of ether oxygens (including phenoxy) is 2. The molecule has 40 heavy (non-hydrogen) atoms. The van der Waals surface area contributed by atoms with Crippen LogP contribution >= 0.6 is 39.3 Å². The van der Waals surface area contributed by atoms with Crippen molar-refractivity contribution in [2.45, 2.75) is 65.3 Å². The molecule has 222 valence electrons. The first-order valence-electron chi connectivity index (χ1n) is 13.8. The van der Waals surface area contributed by atoms with Crippen molar-refractivity contribution in [1.29, 1.82) is 0 Å². The van der Waals surface area contributed by atoms with Crippen molar-refractivity contribution >= 4 is 50.8 Å². The van der Waals surface area contributed by atoms with Gasteiger partial charge in [0.2, 0.25) is 0 Å². The second-order valence-electron chi connectivity index (χ2n) is 9.48. The molecule has 1 aromatic carbocycles. The summed E-state index contributed by atoms with van der Waals surface area (Å²) in [5.74, 6) is 1.63. The van der Waals surface area contributed by atoms with Gasteiger partial charge in [0.15, 0.2) is 11.9 Å². The molecule has 0 aliphatic carbocycles. The van der Waals surface area contributed by atoms with Gasteiger partial charge in [-0.05, 0) is 65.8 Å². The first-order valence-corrected chi connectivity index (χ1v) is 15.8. The minimum atomic E-state index is -0.714. The fourth-order valence-corrected chi connectivity index (χ4v) is 5.48. The largest absolute Gasteiger partial charge is 0.479 e. The Bertz CT molecular complexity index is 1110. The zero-order chi connectivity index (χ0) is 29.7. The quantitative estimate of drug-likeness (QED) is 0.0666. The SMILES string of the molecule is C=C(S/C=C\[C@H](C)CC)C(=C=C1OC(CNNC)C(/C(=N/CC)N(C)c2cc(Cl)ccc2Br)OC1CO)CCC. The third-order valence-corrected chi connectivity index (χ3v) is 8.15. The zero-order valence-corrected chi connectivity index (χ0v) is 27.6. The van der Waals surface area contributed by atoms with E-state index >= 15 is 0 Å². The second-order valence-corrected chi connectivity index (χ2v) is 11.8. The molecular formula is C30H44BrClN4O3S. The van der Waals surface area contributed by atoms with Crippen molar-refractivity contribution in [3.63, 3.8) is 0 Å². The predicted octanol–water partition coefficient (Wildman–Crippen LogP) is 6.84. The Labute approximate surface area is 257 Å². The number of thioether (sulfide) groups is 1. The highest BCUT2D eigenvalue weighted by Crippen LogP contribution is 2.33. The Kier molecular flexibility index (Phi) is 15.7. The van der Waals surface area contributed by atoms with Crippen molar-refractivity contribution in [1.82, 2.24) is 10.9 Å². The molecule has 0 bridgehead atoms. The number of hydrogen-bond acceptors (Lipinski definition) is 7. The summed E-state index contributed by atoms with van der Waals surface area (Å²) in [5.41, 5.74) is 11.3. The number of nitrogens with zero attached hydrogens (tertiary/aromatic N) is 2. The van der Waals surface area contributed by atoms with Crippen molar-refractivity contribution in [3.05, 3.63) is 67.7 Å². The molecular weight excluding hydrogens is 612 g/mol. The van der Waals surface area contributed by atoms with Crippen LogP contribution in [0.3, 0.4) is 0 Å². The predicted molar refractivity (Wildman–Crippen MR) is 174 cm³/mol. The molecule has 0 amide bonds. The topological polar surface area (TPSA) is 78.4 Å². The van der Waals surface area contributed by atoms with E-state index < -0.39 is 18.3 Å². The number of benzene rings is 1. The van der Waals surface area contributed by atoms with E-state index in [1.165, 1.54) is 0 Å². The van der Waals surface area contributed by atoms with Crippen LogP contribution in [0.4, 0.5) is 5.69 Å². The van der Waals surface area contributed by atoms with Gasteiger partial charge in [-0.2, -0.15) is 0 Å². The van der Waals surface area contributed by atoms with Crippen molar-refractivity contribution in [2.75, 3.05) is 38.7 Å². The standard InChI is InChI=1S/C30H44BrClN4O3S/c1-8-11-22(21(5)40-15-14-20(4)9-2)16-26-28(19-37)39-29(27(38-26)18-35-33-6)30(34-10-3)36(7)25-17-23(32)12-13-24(25)31/h12-15,17,20,27-29,33,35,37H,5,8-11,18-19H2,1-4,6-7H3/b15-14-,34-30-/t16?,20-,27?,28?,29?/m1/s1. The highest BCUT2D eigenvalue weighted by molar-refractivity contribution is 9.10. The number of hydrazine groups is 1. The maximum Gasteiger partial charge on any atom is 0.170 e. The van der Waals surface area contributed by atoms with E-state index in [2.05, 4.69) is 71.3 Å². The Morgan fingerprint density at radius 2 is 2.12 bits per heavy atom. The van der Waals surface area contributed by atoms with Crippen LogP contribution in [0.2, 0.25) is 5.02 Å². The van der Waals surface area contributed by atoms with Gasteiger partial charge >= 0.3 is 0 Å². The number of aliphatic hydroxyl groups excluding tert-OH is 1. The van der Waals surface area contributed by atoms with Gasteiger partial charge in [-0.3, -0.25) is 15.8 Å². The highest BCUT2D eigenvalue weighted by Gasteiger charge is 2.40. The number of halogens is 2. The summed E-state index contributed by atoms with van der Waals surface area (Å²) in [6, 6.07) is 5.59. The summed E-state index contributed by atoms with van der Waals surface area (Å²) < 4.78 is 14.0. The van der Waals surface area contributed by atoms with Crippen LogP contribution in [-0.4, -0.2) is 63.0 Å². The molecule has 1 saturated heterocycles. The fraction of sp³-hybridized carbons (Fsp3) is 0.533. The lowest BCUT2D eigenvalue weighted by atomic mass is 10.1. The summed E-state index contributed by atoms with van der Waals surface area (Å²) in [5, 5.41) is 13.1. The molecule has 1 aliphatic heterocycles. The summed E-state index contributed by atoms with van der Waals surface area (Å²) in [6.45, 7) is 13.5. The van der Waals surface area contributed by atoms with E-state index in [9.17, 15) is 5.11 Å². The summed E-state index contributed by atoms with van der Waals surface area (Å²) in [7, 11) is 3.72. The van der Waals surface area contributed by atoms with Gasteiger partial charge in [-0.15, -0.1) is 0 Å². The van der Waals surface area contributed by atoms with Gasteiger partial charge in [0.25, 0.3) is 0 Å². The number of nitrogens with one attached hydrogen (secondary N) is 2. The van der Waals surface area contributed by atoms with E-state index in [1.807, 2.05) is 37.1 Å². The monoisotopic (exact) mass is 654 g/mol. The molecule has 3 N–H and O–H groups in total. The van der Waals surface area contributed by atoms with E-state index in [4.69, 9.17) is 26.1 Å². The van der Waals surface area contributed by atoms with Crippen LogP contribution in [-0.2, 0) is 9.47 Å². The third-order valence-electron chi connectivity index (χ3n) is 6.42. The number of anilines is 1. The van der Waals surface area contributed by atoms with Crippen molar-refractivity contribution in [3.8, 4) is 0 Å². The molecule has 7 nitrogen and oxygen atoms in total. The number of hydrogen-bond donors (Lipinski definition) is 3. The zero-order valence-electron chi connectivity index (χ0n) is 24.5. The molecule has 2 rings (SSSR count). The molecule has 1 heterocycles. The molecule has 0 radical (unpaired) electrons. The fourth-order valence-electron chi connectivity index (χ4n) is 3.99. The molecule has 0 aromatic heterocycles. The normalized spacial score (nSPS) is 20.3. The average Bonchev–Trinajstić information content (AvgIpc) is 2.95. The molecule has 0 saturated carbocycles. The van der Waals surface area contributed by atoms with Crippen LogP contribution < -0.4 is 15.8 Å². The van der Waals surface area contributed by atoms with Crippen LogP contribution in [0, 0.1) is 5.92 Å². The Morgan fingerprint density at radius 1 is 1.38 bits per heavy atom. The lowest BCUT2D eigenvalue weighted by molar-refractivity contribution is -0.126. The number of amidine groups is 1. The summed E-state index contributed by atoms with van der Waals surface area (Å²) in [4.78, 5) is 7.66. The second kappa shape index (κ2) is 18.1. The first-order chi connectivity index (χ1) is 19.2. The average molecular weight is 656 g/mol. The van der Waals surface area contributed by atoms with Crippen molar-refractivity contribution in [2.24, 2.45) is 10.9 Å². The Balaban J connectivity index is 2.51. The minimum Gasteiger partial charge on any atom is -0.479 e. The minimum absolute atomic E-state index is 0.262. The Morgan fingerprint density at radius 3 is 2.75 bits per heavy atom. The molecule has 1 aromatic rings. The highest BCUT2D eigenvalue weighted by atomic mass is 79.9. The third kappa shape index (κ3) is 10.1. The van der Waals surface area contributed by atoms with Gasteiger partial charge in [0.1, 0.15) is 18.0 Å². The molecule has 4 atom stereocenters. The lowest BCUT2D eigenvalue weighted by Crippen LogP contribution is -2.56. The van der Waals surface area contributed by atoms with E-state index in [-0.39, 0.29) is 6.61 Å². The van der Waals surface area contributed by atoms with E-state index in [0.717, 1.165) is 39.9 Å². The molecule has 1 aliphatic rings. The number of likely N-dealkylation sites (N-methyl/N-ethyl adjacent to an activating group) is 1. The Hall–Kier alpha value is -1.55. The van der Waals surface area contributed by atoms with Gasteiger partial charge < -0.3 is 19.5 Å². The first kappa shape index (κ1) is 34.7. The van der Waals surface area contributed by atoms with Gasteiger partial charge in [0, 0.05) is 33.6 Å². The summed E-state index contributed by atoms with van der Waals surface area (Å²) >= 11 is 11.5. The number of rotatable bonds is 14. The van der Waals surface area contributed by atoms with E-state index in [0.29, 0.717) is 35.6 Å². The van der Waals surface area contributed by atoms with Crippen molar-refractivity contribution < 1.29 is 14.6 Å². The van der Waals surface area contributed by atoms with Crippen LogP contribution in [0.1, 0.15) is 47.0 Å². The van der Waals surface area contributed by atoms with Crippen LogP contribution in [0.5, 0.6) is 0 Å². The molecule has 3 unspecified atom stereocenters. The molecule has 1 fully saturated rings. The number of aliphatic imine (C=N–C) groups is 1. The van der Waals surface area contributed by atoms with Crippen LogP contribution in [0.15, 0.2) is 67.7 Å². The lowest BCUT2D eigenvalue weighted by Gasteiger charge is -2.40. The molecule has 10 heteroatoms. The van der Waals surface area contributed by atoms with E-state index in [1.54, 1.807) is 18.8 Å². The maximum atomic E-state index is 10.4. The van der Waals surface area contributed by atoms with Crippen LogP contribution in [0.25, 0.3) is 0 Å². The van der Waals surface area contributed by atoms with Gasteiger partial charge in [-0.25, -0.2) is 0 Å².